The fraction of sp³-hybridized carbons (Fsp3) is 0.294. The van der Waals surface area contributed by atoms with Gasteiger partial charge in [-0.2, -0.15) is 0 Å². The maximum atomic E-state index is 13.3. The van der Waals surface area contributed by atoms with Crippen LogP contribution in [0.1, 0.15) is 0 Å². The molecule has 0 saturated carbocycles. The largest absolute Gasteiger partial charge is 0.489 e. The van der Waals surface area contributed by atoms with E-state index >= 15 is 0 Å². The Hall–Kier alpha value is -2.30. The molecule has 0 radical (unpaired) electrons. The van der Waals surface area contributed by atoms with Crippen LogP contribution in [0.25, 0.3) is 0 Å². The fourth-order valence-electron chi connectivity index (χ4n) is 3.38. The minimum atomic E-state index is -3.93. The third kappa shape index (κ3) is 2.93. The van der Waals surface area contributed by atoms with Gasteiger partial charge in [-0.15, -0.1) is 0 Å². The summed E-state index contributed by atoms with van der Waals surface area (Å²) in [5.74, 6) is 0.658. The van der Waals surface area contributed by atoms with E-state index in [-0.39, 0.29) is 16.3 Å². The molecule has 8 nitrogen and oxygen atoms in total. The average Bonchev–Trinajstić information content (AvgIpc) is 2.68. The molecule has 10 heteroatoms. The Morgan fingerprint density at radius 2 is 1.70 bits per heavy atom. The van der Waals surface area contributed by atoms with Crippen LogP contribution in [-0.4, -0.2) is 50.1 Å². The van der Waals surface area contributed by atoms with Crippen LogP contribution in [0, 0.1) is 0 Å². The molecule has 2 heterocycles. The molecular weight excluding hydrogens is 390 g/mol. The molecule has 0 amide bonds. The normalized spacial score (nSPS) is 16.6. The molecule has 2 aliphatic rings. The first kappa shape index (κ1) is 18.1. The molecule has 4 rings (SSSR count). The second kappa shape index (κ2) is 6.39. The second-order valence-corrected chi connectivity index (χ2v) is 9.97. The SMILES string of the molecule is CNS(=O)(=O)c1cccc(S(=O)(=O)N2CCN3CCOc4cccc2c43)c1. The highest BCUT2D eigenvalue weighted by Gasteiger charge is 2.35. The van der Waals surface area contributed by atoms with Gasteiger partial charge in [-0.1, -0.05) is 12.1 Å². The minimum absolute atomic E-state index is 0.0680. The summed E-state index contributed by atoms with van der Waals surface area (Å²) in [6, 6.07) is 10.7. The van der Waals surface area contributed by atoms with Crippen LogP contribution < -0.4 is 18.7 Å². The molecule has 2 aromatic carbocycles. The van der Waals surface area contributed by atoms with E-state index in [4.69, 9.17) is 4.74 Å². The van der Waals surface area contributed by atoms with Crippen molar-refractivity contribution in [3.8, 4) is 5.75 Å². The maximum absolute atomic E-state index is 13.3. The molecule has 27 heavy (non-hydrogen) atoms. The van der Waals surface area contributed by atoms with Crippen molar-refractivity contribution in [2.45, 2.75) is 9.79 Å². The lowest BCUT2D eigenvalue weighted by molar-refractivity contribution is 0.307. The summed E-state index contributed by atoms with van der Waals surface area (Å²) in [6.45, 7) is 2.09. The minimum Gasteiger partial charge on any atom is -0.489 e. The van der Waals surface area contributed by atoms with Crippen LogP contribution in [0.2, 0.25) is 0 Å². The number of hydrogen-bond donors (Lipinski definition) is 1. The molecule has 0 atom stereocenters. The number of ether oxygens (including phenoxy) is 1. The van der Waals surface area contributed by atoms with Gasteiger partial charge >= 0.3 is 0 Å². The number of hydrogen-bond acceptors (Lipinski definition) is 6. The topological polar surface area (TPSA) is 96.0 Å². The van der Waals surface area contributed by atoms with Crippen molar-refractivity contribution in [1.29, 1.82) is 0 Å². The zero-order valence-electron chi connectivity index (χ0n) is 14.6. The van der Waals surface area contributed by atoms with Crippen molar-refractivity contribution in [2.75, 3.05) is 42.5 Å². The Bertz CT molecular complexity index is 1100. The predicted octanol–water partition coefficient (Wildman–Crippen LogP) is 1.00. The Labute approximate surface area is 158 Å². The van der Waals surface area contributed by atoms with Crippen LogP contribution in [0.5, 0.6) is 5.75 Å². The quantitative estimate of drug-likeness (QED) is 0.810. The van der Waals surface area contributed by atoms with E-state index in [9.17, 15) is 16.8 Å². The Morgan fingerprint density at radius 3 is 2.48 bits per heavy atom. The summed E-state index contributed by atoms with van der Waals surface area (Å²) in [5, 5.41) is 0. The number of nitrogens with zero attached hydrogens (tertiary/aromatic N) is 2. The molecule has 144 valence electrons. The first-order valence-electron chi connectivity index (χ1n) is 8.42. The molecule has 0 unspecified atom stereocenters. The molecule has 0 aromatic heterocycles. The number of nitrogens with one attached hydrogen (secondary N) is 1. The molecule has 2 aromatic rings. The van der Waals surface area contributed by atoms with Gasteiger partial charge in [-0.25, -0.2) is 21.6 Å². The van der Waals surface area contributed by atoms with Gasteiger partial charge in [-0.05, 0) is 37.4 Å². The van der Waals surface area contributed by atoms with Crippen LogP contribution >= 0.6 is 0 Å². The van der Waals surface area contributed by atoms with E-state index < -0.39 is 20.0 Å². The van der Waals surface area contributed by atoms with Gasteiger partial charge in [0, 0.05) is 6.54 Å². The van der Waals surface area contributed by atoms with Crippen molar-refractivity contribution >= 4 is 31.4 Å². The van der Waals surface area contributed by atoms with Crippen LogP contribution in [0.15, 0.2) is 52.3 Å². The summed E-state index contributed by atoms with van der Waals surface area (Å²) >= 11 is 0. The molecule has 1 N–H and O–H groups in total. The van der Waals surface area contributed by atoms with Gasteiger partial charge in [0.05, 0.1) is 28.6 Å². The predicted molar refractivity (Wildman–Crippen MR) is 101 cm³/mol. The van der Waals surface area contributed by atoms with Gasteiger partial charge in [0.2, 0.25) is 10.0 Å². The van der Waals surface area contributed by atoms with Gasteiger partial charge in [-0.3, -0.25) is 4.31 Å². The molecular formula is C17H19N3O5S2. The van der Waals surface area contributed by atoms with Gasteiger partial charge in [0.15, 0.2) is 0 Å². The highest BCUT2D eigenvalue weighted by molar-refractivity contribution is 7.93. The van der Waals surface area contributed by atoms with E-state index in [0.29, 0.717) is 31.1 Å². The number of para-hydroxylation sites is 1. The Morgan fingerprint density at radius 1 is 0.963 bits per heavy atom. The van der Waals surface area contributed by atoms with Crippen molar-refractivity contribution in [1.82, 2.24) is 4.72 Å². The van der Waals surface area contributed by atoms with Crippen molar-refractivity contribution < 1.29 is 21.6 Å². The molecule has 0 bridgehead atoms. The average molecular weight is 409 g/mol. The second-order valence-electron chi connectivity index (χ2n) is 6.22. The summed E-state index contributed by atoms with van der Waals surface area (Å²) < 4.78 is 59.9. The third-order valence-electron chi connectivity index (χ3n) is 4.73. The van der Waals surface area contributed by atoms with Crippen LogP contribution in [0.3, 0.4) is 0 Å². The van der Waals surface area contributed by atoms with E-state index in [1.807, 2.05) is 6.07 Å². The number of rotatable bonds is 4. The summed E-state index contributed by atoms with van der Waals surface area (Å²) in [6.07, 6.45) is 0. The summed E-state index contributed by atoms with van der Waals surface area (Å²) in [4.78, 5) is 1.95. The van der Waals surface area contributed by atoms with E-state index in [2.05, 4.69) is 9.62 Å². The van der Waals surface area contributed by atoms with Crippen LogP contribution in [-0.2, 0) is 20.0 Å². The summed E-state index contributed by atoms with van der Waals surface area (Å²) in [7, 11) is -6.39. The lowest BCUT2D eigenvalue weighted by Crippen LogP contribution is -2.46. The summed E-state index contributed by atoms with van der Waals surface area (Å²) in [5.41, 5.74) is 1.30. The van der Waals surface area contributed by atoms with Crippen molar-refractivity contribution in [2.24, 2.45) is 0 Å². The fourth-order valence-corrected chi connectivity index (χ4v) is 5.74. The first-order chi connectivity index (χ1) is 12.8. The van der Waals surface area contributed by atoms with E-state index in [1.165, 1.54) is 35.6 Å². The maximum Gasteiger partial charge on any atom is 0.264 e. The number of benzene rings is 2. The Balaban J connectivity index is 1.81. The lowest BCUT2D eigenvalue weighted by atomic mass is 10.1. The molecule has 0 aliphatic carbocycles. The molecule has 0 spiro atoms. The van der Waals surface area contributed by atoms with Crippen molar-refractivity contribution in [3.63, 3.8) is 0 Å². The lowest BCUT2D eigenvalue weighted by Gasteiger charge is -2.41. The van der Waals surface area contributed by atoms with Gasteiger partial charge in [0.25, 0.3) is 10.0 Å². The highest BCUT2D eigenvalue weighted by atomic mass is 32.2. The smallest absolute Gasteiger partial charge is 0.264 e. The van der Waals surface area contributed by atoms with Gasteiger partial charge < -0.3 is 9.64 Å². The number of anilines is 2. The van der Waals surface area contributed by atoms with E-state index in [0.717, 1.165) is 5.69 Å². The standard InChI is InChI=1S/C17H19N3O5S2/c1-18-26(21,22)13-4-2-5-14(12-13)27(23,24)20-9-8-19-10-11-25-16-7-3-6-15(20)17(16)19/h2-7,12,18H,8-11H2,1H3. The monoisotopic (exact) mass is 409 g/mol. The van der Waals surface area contributed by atoms with Crippen LogP contribution in [0.4, 0.5) is 11.4 Å². The molecule has 0 fully saturated rings. The van der Waals surface area contributed by atoms with E-state index in [1.54, 1.807) is 12.1 Å². The zero-order chi connectivity index (χ0) is 19.2. The Kier molecular flexibility index (Phi) is 4.28. The van der Waals surface area contributed by atoms with Gasteiger partial charge in [0.1, 0.15) is 18.0 Å². The highest BCUT2D eigenvalue weighted by Crippen LogP contribution is 2.44. The third-order valence-corrected chi connectivity index (χ3v) is 7.95. The first-order valence-corrected chi connectivity index (χ1v) is 11.3. The molecule has 0 saturated heterocycles. The zero-order valence-corrected chi connectivity index (χ0v) is 16.3. The number of sulfonamides is 2. The van der Waals surface area contributed by atoms with Crippen molar-refractivity contribution in [3.05, 3.63) is 42.5 Å². The molecule has 2 aliphatic heterocycles.